The maximum atomic E-state index is 11.2. The Bertz CT molecular complexity index is 349. The zero-order valence-electron chi connectivity index (χ0n) is 19.5. The number of hydrogen-bond acceptors (Lipinski definition) is 5. The molecule has 1 rings (SSSR count). The summed E-state index contributed by atoms with van der Waals surface area (Å²) in [6, 6.07) is 0.507. The third kappa shape index (κ3) is 23.0. The Morgan fingerprint density at radius 1 is 1.07 bits per heavy atom. The van der Waals surface area contributed by atoms with E-state index in [2.05, 4.69) is 22.5 Å². The lowest BCUT2D eigenvalue weighted by atomic mass is 9.91. The molecule has 0 spiro atoms. The number of nitrogens with zero attached hydrogens (tertiary/aromatic N) is 1. The molecule has 2 amide bonds. The zero-order chi connectivity index (χ0) is 22.3. The summed E-state index contributed by atoms with van der Waals surface area (Å²) in [6.07, 6.45) is 10.9. The highest BCUT2D eigenvalue weighted by Crippen LogP contribution is 2.20. The fraction of sp³-hybridized carbons (Fsp3) is 0.909. The normalized spacial score (nSPS) is 18.9. The molecular weight excluding hydrogens is 366 g/mol. The molecule has 6 N–H and O–H groups in total. The summed E-state index contributed by atoms with van der Waals surface area (Å²) in [5.41, 5.74) is 11.3. The highest BCUT2D eigenvalue weighted by molar-refractivity contribution is 5.76. The summed E-state index contributed by atoms with van der Waals surface area (Å²) >= 11 is 0. The smallest absolute Gasteiger partial charge is 0.221 e. The number of nitrogens with two attached hydrogens (primary N) is 2. The van der Waals surface area contributed by atoms with Gasteiger partial charge >= 0.3 is 0 Å². The summed E-state index contributed by atoms with van der Waals surface area (Å²) in [5, 5.41) is 5.26. The van der Waals surface area contributed by atoms with Crippen LogP contribution < -0.4 is 22.1 Å². The van der Waals surface area contributed by atoms with Gasteiger partial charge in [0.05, 0.1) is 0 Å². The summed E-state index contributed by atoms with van der Waals surface area (Å²) in [5.74, 6) is 0.927. The van der Waals surface area contributed by atoms with Crippen LogP contribution in [-0.2, 0) is 9.59 Å². The number of rotatable bonds is 11. The molecular formula is C22H49N5O2. The molecule has 1 fully saturated rings. The van der Waals surface area contributed by atoms with Gasteiger partial charge in [-0.2, -0.15) is 0 Å². The number of amides is 2. The van der Waals surface area contributed by atoms with Crippen LogP contribution in [0.5, 0.6) is 0 Å². The lowest BCUT2D eigenvalue weighted by Gasteiger charge is -2.18. The fourth-order valence-electron chi connectivity index (χ4n) is 3.13. The molecule has 0 bridgehead atoms. The third-order valence-corrected chi connectivity index (χ3v) is 4.91. The predicted molar refractivity (Wildman–Crippen MR) is 124 cm³/mol. The van der Waals surface area contributed by atoms with E-state index in [4.69, 9.17) is 11.5 Å². The molecule has 0 aromatic rings. The Labute approximate surface area is 179 Å². The Kier molecular flexibility index (Phi) is 23.9. The standard InChI is InChI=1S/C11H24N4O2.C9H19N.C2H6/c1-15(8-2-5-12)9-3-6-14-11(17)4-7-13-10-16;1-8-4-2-6-9(10)7-3-5-8;1-2/h10H,2-9,12H2,1H3,(H,13,16)(H,14,17);8-9H,2-7,10H2,1H3;1-2H3. The average molecular weight is 416 g/mol. The van der Waals surface area contributed by atoms with Crippen molar-refractivity contribution < 1.29 is 9.59 Å². The van der Waals surface area contributed by atoms with Gasteiger partial charge in [-0.25, -0.2) is 0 Å². The molecule has 0 aromatic heterocycles. The van der Waals surface area contributed by atoms with Crippen molar-refractivity contribution in [3.63, 3.8) is 0 Å². The highest BCUT2D eigenvalue weighted by atomic mass is 16.1. The van der Waals surface area contributed by atoms with Crippen LogP contribution in [0.1, 0.15) is 78.6 Å². The minimum atomic E-state index is -0.0241. The molecule has 7 heteroatoms. The zero-order valence-corrected chi connectivity index (χ0v) is 19.5. The fourth-order valence-corrected chi connectivity index (χ4v) is 3.13. The maximum absolute atomic E-state index is 11.2. The van der Waals surface area contributed by atoms with Gasteiger partial charge in [-0.3, -0.25) is 9.59 Å². The van der Waals surface area contributed by atoms with Gasteiger partial charge < -0.3 is 27.0 Å². The first-order chi connectivity index (χ1) is 14.0. The van der Waals surface area contributed by atoms with E-state index in [1.54, 1.807) is 0 Å². The van der Waals surface area contributed by atoms with E-state index in [1.807, 2.05) is 20.9 Å². The lowest BCUT2D eigenvalue weighted by molar-refractivity contribution is -0.121. The maximum Gasteiger partial charge on any atom is 0.221 e. The number of carbonyl (C=O) groups excluding carboxylic acids is 2. The van der Waals surface area contributed by atoms with Crippen LogP contribution in [0.25, 0.3) is 0 Å². The summed E-state index contributed by atoms with van der Waals surface area (Å²) in [7, 11) is 2.05. The van der Waals surface area contributed by atoms with Crippen LogP contribution >= 0.6 is 0 Å². The Morgan fingerprint density at radius 2 is 1.66 bits per heavy atom. The molecule has 0 aromatic carbocycles. The highest BCUT2D eigenvalue weighted by Gasteiger charge is 2.10. The average Bonchev–Trinajstić information content (AvgIpc) is 2.70. The van der Waals surface area contributed by atoms with Crippen molar-refractivity contribution in [1.82, 2.24) is 15.5 Å². The van der Waals surface area contributed by atoms with Crippen molar-refractivity contribution in [2.45, 2.75) is 84.6 Å². The van der Waals surface area contributed by atoms with Crippen molar-refractivity contribution in [1.29, 1.82) is 0 Å². The van der Waals surface area contributed by atoms with Crippen LogP contribution in [0.15, 0.2) is 0 Å². The van der Waals surface area contributed by atoms with Gasteiger partial charge in [0.2, 0.25) is 12.3 Å². The first kappa shape index (κ1) is 30.0. The lowest BCUT2D eigenvalue weighted by Crippen LogP contribution is -2.30. The molecule has 174 valence electrons. The van der Waals surface area contributed by atoms with Crippen LogP contribution in [0.3, 0.4) is 0 Å². The number of carbonyl (C=O) groups is 2. The minimum Gasteiger partial charge on any atom is -0.358 e. The molecule has 1 saturated carbocycles. The van der Waals surface area contributed by atoms with Gasteiger partial charge in [-0.05, 0) is 58.3 Å². The van der Waals surface area contributed by atoms with Gasteiger partial charge in [-0.1, -0.05) is 46.5 Å². The first-order valence-corrected chi connectivity index (χ1v) is 11.6. The molecule has 0 aliphatic heterocycles. The van der Waals surface area contributed by atoms with Crippen molar-refractivity contribution >= 4 is 12.3 Å². The van der Waals surface area contributed by atoms with E-state index < -0.39 is 0 Å². The molecule has 0 atom stereocenters. The summed E-state index contributed by atoms with van der Waals surface area (Å²) < 4.78 is 0. The number of hydrogen-bond donors (Lipinski definition) is 4. The second-order valence-electron chi connectivity index (χ2n) is 7.70. The molecule has 0 unspecified atom stereocenters. The molecule has 1 aliphatic rings. The van der Waals surface area contributed by atoms with Crippen LogP contribution in [-0.4, -0.2) is 63.0 Å². The van der Waals surface area contributed by atoms with Crippen molar-refractivity contribution in [2.75, 3.05) is 39.8 Å². The largest absolute Gasteiger partial charge is 0.358 e. The van der Waals surface area contributed by atoms with Crippen molar-refractivity contribution in [3.8, 4) is 0 Å². The van der Waals surface area contributed by atoms with Crippen LogP contribution in [0, 0.1) is 5.92 Å². The van der Waals surface area contributed by atoms with E-state index in [0.29, 0.717) is 38.5 Å². The predicted octanol–water partition coefficient (Wildman–Crippen LogP) is 2.24. The molecule has 29 heavy (non-hydrogen) atoms. The Balaban J connectivity index is 0. The third-order valence-electron chi connectivity index (χ3n) is 4.91. The van der Waals surface area contributed by atoms with Gasteiger partial charge in [-0.15, -0.1) is 0 Å². The summed E-state index contributed by atoms with van der Waals surface area (Å²) in [4.78, 5) is 23.4. The van der Waals surface area contributed by atoms with Crippen molar-refractivity contribution in [3.05, 3.63) is 0 Å². The molecule has 0 heterocycles. The second kappa shape index (κ2) is 23.1. The monoisotopic (exact) mass is 415 g/mol. The number of nitrogens with one attached hydrogen (secondary N) is 2. The SMILES string of the molecule is CC.CC1CCCC(N)CCC1.CN(CCCN)CCCNC(=O)CCNC=O. The van der Waals surface area contributed by atoms with E-state index in [0.717, 1.165) is 31.8 Å². The molecule has 0 radical (unpaired) electrons. The van der Waals surface area contributed by atoms with Gasteiger partial charge in [0.25, 0.3) is 0 Å². The Hall–Kier alpha value is -1.18. The molecule has 0 saturated heterocycles. The quantitative estimate of drug-likeness (QED) is 0.305. The second-order valence-corrected chi connectivity index (χ2v) is 7.70. The van der Waals surface area contributed by atoms with Crippen LogP contribution in [0.2, 0.25) is 0 Å². The topological polar surface area (TPSA) is 113 Å². The Morgan fingerprint density at radius 3 is 2.21 bits per heavy atom. The molecule has 7 nitrogen and oxygen atoms in total. The van der Waals surface area contributed by atoms with E-state index >= 15 is 0 Å². The van der Waals surface area contributed by atoms with Crippen LogP contribution in [0.4, 0.5) is 0 Å². The van der Waals surface area contributed by atoms with E-state index in [1.165, 1.54) is 38.5 Å². The first-order valence-electron chi connectivity index (χ1n) is 11.6. The summed E-state index contributed by atoms with van der Waals surface area (Å²) in [6.45, 7) is 10.1. The van der Waals surface area contributed by atoms with Crippen molar-refractivity contribution in [2.24, 2.45) is 17.4 Å². The van der Waals surface area contributed by atoms with Gasteiger partial charge in [0, 0.05) is 25.6 Å². The minimum absolute atomic E-state index is 0.0241. The molecule has 1 aliphatic carbocycles. The van der Waals surface area contributed by atoms with E-state index in [9.17, 15) is 9.59 Å². The van der Waals surface area contributed by atoms with Gasteiger partial charge in [0.15, 0.2) is 0 Å². The van der Waals surface area contributed by atoms with E-state index in [-0.39, 0.29) is 5.91 Å². The van der Waals surface area contributed by atoms with Gasteiger partial charge in [0.1, 0.15) is 0 Å².